The Morgan fingerprint density at radius 2 is 2.36 bits per heavy atom. The lowest BCUT2D eigenvalue weighted by molar-refractivity contribution is 0.269. The molecule has 1 nitrogen and oxygen atoms in total. The van der Waals surface area contributed by atoms with Gasteiger partial charge < -0.3 is 4.74 Å². The van der Waals surface area contributed by atoms with Crippen LogP contribution in [0.3, 0.4) is 0 Å². The van der Waals surface area contributed by atoms with Crippen LogP contribution in [0.4, 0.5) is 0 Å². The van der Waals surface area contributed by atoms with E-state index in [4.69, 9.17) is 4.74 Å². The van der Waals surface area contributed by atoms with Crippen molar-refractivity contribution < 1.29 is 4.74 Å². The maximum Gasteiger partial charge on any atom is 0.109 e. The summed E-state index contributed by atoms with van der Waals surface area (Å²) in [5, 5.41) is 0. The van der Waals surface area contributed by atoms with E-state index in [2.05, 4.69) is 19.4 Å². The Labute approximate surface area is 67.7 Å². The van der Waals surface area contributed by atoms with Crippen molar-refractivity contribution in [3.63, 3.8) is 0 Å². The summed E-state index contributed by atoms with van der Waals surface area (Å²) in [4.78, 5) is 0. The highest BCUT2D eigenvalue weighted by molar-refractivity contribution is 5.35. The number of ether oxygens (including phenoxy) is 1. The van der Waals surface area contributed by atoms with Gasteiger partial charge in [-0.3, -0.25) is 0 Å². The summed E-state index contributed by atoms with van der Waals surface area (Å²) >= 11 is 0. The van der Waals surface area contributed by atoms with Gasteiger partial charge in [-0.05, 0) is 42.4 Å². The van der Waals surface area contributed by atoms with Crippen molar-refractivity contribution in [3.05, 3.63) is 29.9 Å². The monoisotopic (exact) mass is 149 g/mol. The molecule has 1 unspecified atom stereocenters. The number of allylic oxidation sites excluding steroid dienone is 2. The van der Waals surface area contributed by atoms with Gasteiger partial charge in [0.25, 0.3) is 0 Å². The van der Waals surface area contributed by atoms with E-state index >= 15 is 0 Å². The van der Waals surface area contributed by atoms with E-state index in [0.717, 1.165) is 12.5 Å². The van der Waals surface area contributed by atoms with Gasteiger partial charge >= 0.3 is 0 Å². The second-order valence-corrected chi connectivity index (χ2v) is 3.35. The first kappa shape index (κ1) is 6.96. The molecule has 0 aromatic heterocycles. The lowest BCUT2D eigenvalue weighted by Gasteiger charge is -2.24. The van der Waals surface area contributed by atoms with Crippen molar-refractivity contribution in [2.75, 3.05) is 6.61 Å². The smallest absolute Gasteiger partial charge is 0.109 e. The predicted molar refractivity (Wildman–Crippen MR) is 44.8 cm³/mol. The van der Waals surface area contributed by atoms with Gasteiger partial charge in [0.1, 0.15) is 6.61 Å². The molecule has 1 radical (unpaired) electrons. The van der Waals surface area contributed by atoms with Crippen molar-refractivity contribution in [1.29, 1.82) is 0 Å². The van der Waals surface area contributed by atoms with Crippen LogP contribution in [0.2, 0.25) is 0 Å². The molecule has 2 aliphatic rings. The fourth-order valence-corrected chi connectivity index (χ4v) is 1.68. The van der Waals surface area contributed by atoms with Crippen LogP contribution in [-0.4, -0.2) is 6.61 Å². The molecule has 0 saturated carbocycles. The molecule has 0 amide bonds. The first-order chi connectivity index (χ1) is 5.36. The minimum Gasteiger partial charge on any atom is -0.497 e. The quantitative estimate of drug-likeness (QED) is 0.514. The minimum atomic E-state index is 0.740. The van der Waals surface area contributed by atoms with Crippen molar-refractivity contribution in [2.24, 2.45) is 5.92 Å². The average Bonchev–Trinajstić information content (AvgIpc) is 2.04. The van der Waals surface area contributed by atoms with Crippen LogP contribution in [0, 0.1) is 12.3 Å². The van der Waals surface area contributed by atoms with Crippen LogP contribution in [0.5, 0.6) is 0 Å². The van der Waals surface area contributed by atoms with Crippen LogP contribution in [0.15, 0.2) is 23.5 Å². The molecule has 1 heterocycles. The van der Waals surface area contributed by atoms with Gasteiger partial charge in [0.05, 0.1) is 6.26 Å². The van der Waals surface area contributed by atoms with Gasteiger partial charge in [-0.15, -0.1) is 0 Å². The fourth-order valence-electron chi connectivity index (χ4n) is 1.68. The Hall–Kier alpha value is -0.720. The van der Waals surface area contributed by atoms with Gasteiger partial charge in [-0.1, -0.05) is 6.92 Å². The van der Waals surface area contributed by atoms with Gasteiger partial charge in [0.15, 0.2) is 0 Å². The maximum absolute atomic E-state index is 5.22. The highest BCUT2D eigenvalue weighted by Gasteiger charge is 2.18. The van der Waals surface area contributed by atoms with E-state index in [1.165, 1.54) is 24.0 Å². The molecule has 1 aliphatic heterocycles. The van der Waals surface area contributed by atoms with Gasteiger partial charge in [0, 0.05) is 0 Å². The summed E-state index contributed by atoms with van der Waals surface area (Å²) < 4.78 is 5.22. The Morgan fingerprint density at radius 3 is 3.27 bits per heavy atom. The average molecular weight is 149 g/mol. The lowest BCUT2D eigenvalue weighted by atomic mass is 9.85. The zero-order chi connectivity index (χ0) is 7.68. The topological polar surface area (TPSA) is 9.23 Å². The Balaban J connectivity index is 2.19. The summed E-state index contributed by atoms with van der Waals surface area (Å²) in [5.41, 5.74) is 2.89. The molecule has 2 rings (SSSR count). The predicted octanol–water partition coefficient (Wildman–Crippen LogP) is 2.46. The summed E-state index contributed by atoms with van der Waals surface area (Å²) in [7, 11) is 0. The molecule has 1 aliphatic carbocycles. The fraction of sp³-hybridized carbons (Fsp3) is 0.500. The second-order valence-electron chi connectivity index (χ2n) is 3.35. The second kappa shape index (κ2) is 2.72. The Kier molecular flexibility index (Phi) is 1.72. The summed E-state index contributed by atoms with van der Waals surface area (Å²) in [6.07, 6.45) is 8.77. The van der Waals surface area contributed by atoms with E-state index in [0.29, 0.717) is 0 Å². The number of rotatable bonds is 0. The number of hydrogen-bond donors (Lipinski definition) is 0. The maximum atomic E-state index is 5.22. The molecule has 11 heavy (non-hydrogen) atoms. The van der Waals surface area contributed by atoms with Crippen molar-refractivity contribution >= 4 is 0 Å². The van der Waals surface area contributed by atoms with E-state index in [1.807, 2.05) is 6.26 Å². The molecular weight excluding hydrogens is 136 g/mol. The van der Waals surface area contributed by atoms with Crippen LogP contribution < -0.4 is 0 Å². The largest absolute Gasteiger partial charge is 0.497 e. The van der Waals surface area contributed by atoms with E-state index < -0.39 is 0 Å². The summed E-state index contributed by atoms with van der Waals surface area (Å²) in [6, 6.07) is 0. The summed E-state index contributed by atoms with van der Waals surface area (Å²) in [5.74, 6) is 0.740. The van der Waals surface area contributed by atoms with E-state index in [-0.39, 0.29) is 0 Å². The van der Waals surface area contributed by atoms with E-state index in [9.17, 15) is 0 Å². The van der Waals surface area contributed by atoms with E-state index in [1.54, 1.807) is 0 Å². The Morgan fingerprint density at radius 1 is 1.45 bits per heavy atom. The first-order valence-corrected chi connectivity index (χ1v) is 4.21. The zero-order valence-corrected chi connectivity index (χ0v) is 6.84. The standard InChI is InChI=1S/C10H13O/c1-8-2-3-9-4-5-11-7-10(9)6-8/h4-6,8H,2-3,7H2,1H3. The minimum absolute atomic E-state index is 0.740. The van der Waals surface area contributed by atoms with Crippen LogP contribution >= 0.6 is 0 Å². The third-order valence-corrected chi connectivity index (χ3v) is 2.37. The molecule has 59 valence electrons. The molecule has 1 heteroatoms. The molecular formula is C10H13O. The molecule has 0 aromatic carbocycles. The van der Waals surface area contributed by atoms with Gasteiger partial charge in [-0.2, -0.15) is 0 Å². The highest BCUT2D eigenvalue weighted by Crippen LogP contribution is 2.30. The highest BCUT2D eigenvalue weighted by atomic mass is 16.5. The SMILES string of the molecule is CC1[CH]C2=C(C=COC2)CC1. The lowest BCUT2D eigenvalue weighted by Crippen LogP contribution is -2.13. The third kappa shape index (κ3) is 1.32. The molecule has 0 spiro atoms. The molecule has 0 N–H and O–H groups in total. The molecule has 1 atom stereocenters. The van der Waals surface area contributed by atoms with Gasteiger partial charge in [0.2, 0.25) is 0 Å². The van der Waals surface area contributed by atoms with Crippen molar-refractivity contribution in [1.82, 2.24) is 0 Å². The van der Waals surface area contributed by atoms with Crippen molar-refractivity contribution in [3.8, 4) is 0 Å². The molecule has 0 saturated heterocycles. The van der Waals surface area contributed by atoms with Crippen LogP contribution in [-0.2, 0) is 4.74 Å². The van der Waals surface area contributed by atoms with Crippen LogP contribution in [0.1, 0.15) is 19.8 Å². The van der Waals surface area contributed by atoms with Gasteiger partial charge in [-0.25, -0.2) is 0 Å². The zero-order valence-electron chi connectivity index (χ0n) is 6.84. The molecule has 0 fully saturated rings. The first-order valence-electron chi connectivity index (χ1n) is 4.21. The Bertz CT molecular complexity index is 213. The normalized spacial score (nSPS) is 29.7. The van der Waals surface area contributed by atoms with Crippen molar-refractivity contribution in [2.45, 2.75) is 19.8 Å². The number of hydrogen-bond acceptors (Lipinski definition) is 1. The molecule has 0 bridgehead atoms. The van der Waals surface area contributed by atoms with Crippen LogP contribution in [0.25, 0.3) is 0 Å². The molecule has 0 aromatic rings. The third-order valence-electron chi connectivity index (χ3n) is 2.37. The summed E-state index contributed by atoms with van der Waals surface area (Å²) in [6.45, 7) is 3.05.